The van der Waals surface area contributed by atoms with Crippen LogP contribution in [0.4, 0.5) is 0 Å². The maximum atomic E-state index is 13.4. The highest BCUT2D eigenvalue weighted by molar-refractivity contribution is 5.76. The molecule has 0 radical (unpaired) electrons. The van der Waals surface area contributed by atoms with Gasteiger partial charge < -0.3 is 65.1 Å². The van der Waals surface area contributed by atoms with Crippen molar-refractivity contribution in [3.8, 4) is 0 Å². The third kappa shape index (κ3) is 49.6. The zero-order chi connectivity index (χ0) is 70.1. The molecular weight excluding hydrogens is 1220 g/mol. The number of carbonyl (C=O) groups excluding carboxylic acids is 1. The predicted molar refractivity (Wildman–Crippen MR) is 401 cm³/mol. The highest BCUT2D eigenvalue weighted by Gasteiger charge is 2.51. The quantitative estimate of drug-likeness (QED) is 0.0204. The van der Waals surface area contributed by atoms with Crippen LogP contribution in [0, 0.1) is 0 Å². The monoisotopic (exact) mass is 1370 g/mol. The van der Waals surface area contributed by atoms with E-state index in [9.17, 15) is 45.6 Å². The standard InChI is InChI=1S/C83H151NO13/c1-3-5-7-9-11-13-15-17-19-21-23-25-27-29-31-33-35-37-38-40-42-44-46-48-50-52-54-56-58-60-62-64-66-72(87)71(70-94-82-80(93)78(91)81(74(69-86)96-82)97-83-79(92)77(90)76(89)73(68-85)95-83)84-75(88)67-65-63-61-59-57-55-53-51-49-47-45-43-41-39-36-34-32-30-28-26-24-22-20-18-16-14-12-10-8-6-4-2/h16,18,22,24,28,30,48,50,56,58,64,66,71-74,76-83,85-87,89-93H,3-15,17,19-21,23,25-27,29,31-47,49,51-55,57,59-63,65,67-70H2,1-2H3,(H,84,88)/b18-16-,24-22-,30-28-,50-48+,58-56+,66-64+. The minimum atomic E-state index is -1.80. The molecule has 14 heteroatoms. The summed E-state index contributed by atoms with van der Waals surface area (Å²) in [7, 11) is 0. The van der Waals surface area contributed by atoms with E-state index in [2.05, 4.69) is 79.9 Å². The van der Waals surface area contributed by atoms with Gasteiger partial charge in [0.25, 0.3) is 0 Å². The lowest BCUT2D eigenvalue weighted by molar-refractivity contribution is -0.359. The van der Waals surface area contributed by atoms with Crippen LogP contribution in [0.25, 0.3) is 0 Å². The number of allylic oxidation sites excluding steroid dienone is 11. The molecule has 0 saturated carbocycles. The van der Waals surface area contributed by atoms with E-state index in [4.69, 9.17) is 18.9 Å². The van der Waals surface area contributed by atoms with Gasteiger partial charge in [-0.25, -0.2) is 0 Å². The summed E-state index contributed by atoms with van der Waals surface area (Å²) in [6.07, 6.45) is 75.6. The first-order valence-corrected chi connectivity index (χ1v) is 40.7. The van der Waals surface area contributed by atoms with Gasteiger partial charge >= 0.3 is 0 Å². The number of carbonyl (C=O) groups is 1. The predicted octanol–water partition coefficient (Wildman–Crippen LogP) is 18.5. The molecule has 0 spiro atoms. The molecular formula is C83H151NO13. The lowest BCUT2D eigenvalue weighted by Crippen LogP contribution is -2.65. The van der Waals surface area contributed by atoms with E-state index in [0.29, 0.717) is 12.8 Å². The molecule has 566 valence electrons. The molecule has 2 aliphatic rings. The van der Waals surface area contributed by atoms with Crippen LogP contribution in [-0.4, -0.2) is 140 Å². The van der Waals surface area contributed by atoms with Crippen molar-refractivity contribution in [2.24, 2.45) is 0 Å². The van der Waals surface area contributed by atoms with Crippen LogP contribution < -0.4 is 5.32 Å². The summed E-state index contributed by atoms with van der Waals surface area (Å²) < 4.78 is 22.9. The topological polar surface area (TPSA) is 228 Å². The molecule has 0 aromatic heterocycles. The molecule has 97 heavy (non-hydrogen) atoms. The normalized spacial score (nSPS) is 22.5. The van der Waals surface area contributed by atoms with E-state index in [0.717, 1.165) is 57.8 Å². The Morgan fingerprint density at radius 2 is 0.691 bits per heavy atom. The Labute approximate surface area is 593 Å². The Bertz CT molecular complexity index is 1910. The van der Waals surface area contributed by atoms with Crippen LogP contribution in [-0.2, 0) is 23.7 Å². The SMILES string of the molecule is CCCCCCC/C=C\C/C=C\C/C=C\CCCCCCCCCCCCCCCCCCC(=O)NC(COC1OC(CO)C(OC2OC(CO)C(O)C(O)C2O)C(O)C1O)C(O)/C=C/CC/C=C/CC/C=C/CCCCCCCCCCCCCCCCCCCCCCCC. The fourth-order valence-electron chi connectivity index (χ4n) is 13.2. The Hall–Kier alpha value is -2.57. The molecule has 1 amide bonds. The van der Waals surface area contributed by atoms with Crippen molar-refractivity contribution < 1.29 is 64.6 Å². The van der Waals surface area contributed by atoms with Crippen LogP contribution >= 0.6 is 0 Å². The zero-order valence-electron chi connectivity index (χ0n) is 62.1. The van der Waals surface area contributed by atoms with E-state index >= 15 is 0 Å². The summed E-state index contributed by atoms with van der Waals surface area (Å²) in [6, 6.07) is -0.943. The Morgan fingerprint density at radius 3 is 1.08 bits per heavy atom. The van der Waals surface area contributed by atoms with E-state index in [1.807, 2.05) is 6.08 Å². The first-order valence-electron chi connectivity index (χ1n) is 40.7. The molecule has 2 saturated heterocycles. The summed E-state index contributed by atoms with van der Waals surface area (Å²) in [5.74, 6) is -0.250. The lowest BCUT2D eigenvalue weighted by atomic mass is 9.97. The first kappa shape index (κ1) is 90.5. The van der Waals surface area contributed by atoms with Gasteiger partial charge in [0.15, 0.2) is 12.6 Å². The Kier molecular flexibility index (Phi) is 62.2. The number of unbranched alkanes of at least 4 members (excludes halogenated alkanes) is 45. The summed E-state index contributed by atoms with van der Waals surface area (Å²) in [5, 5.41) is 87.7. The molecule has 2 fully saturated rings. The first-order chi connectivity index (χ1) is 47.6. The molecule has 12 unspecified atom stereocenters. The van der Waals surface area contributed by atoms with Gasteiger partial charge in [0.1, 0.15) is 48.8 Å². The van der Waals surface area contributed by atoms with Crippen molar-refractivity contribution in [3.05, 3.63) is 72.9 Å². The van der Waals surface area contributed by atoms with Gasteiger partial charge in [-0.2, -0.15) is 0 Å². The molecule has 2 rings (SSSR count). The van der Waals surface area contributed by atoms with Gasteiger partial charge in [0.2, 0.25) is 5.91 Å². The number of rotatable bonds is 68. The van der Waals surface area contributed by atoms with Crippen LogP contribution in [0.5, 0.6) is 0 Å². The summed E-state index contributed by atoms with van der Waals surface area (Å²) in [4.78, 5) is 13.4. The average Bonchev–Trinajstić information content (AvgIpc) is 0.794. The second kappa shape index (κ2) is 66.7. The molecule has 0 aliphatic carbocycles. The van der Waals surface area contributed by atoms with Gasteiger partial charge in [0, 0.05) is 6.42 Å². The molecule has 9 N–H and O–H groups in total. The third-order valence-corrected chi connectivity index (χ3v) is 19.6. The number of amides is 1. The van der Waals surface area contributed by atoms with Crippen molar-refractivity contribution in [2.75, 3.05) is 19.8 Å². The van der Waals surface area contributed by atoms with Gasteiger partial charge in [-0.15, -0.1) is 0 Å². The zero-order valence-corrected chi connectivity index (χ0v) is 62.1. The van der Waals surface area contributed by atoms with Crippen molar-refractivity contribution in [1.29, 1.82) is 0 Å². The van der Waals surface area contributed by atoms with Crippen LogP contribution in [0.2, 0.25) is 0 Å². The molecule has 0 aromatic rings. The summed E-state index contributed by atoms with van der Waals surface area (Å²) in [5.41, 5.74) is 0. The number of nitrogens with one attached hydrogen (secondary N) is 1. The lowest BCUT2D eigenvalue weighted by Gasteiger charge is -2.46. The van der Waals surface area contributed by atoms with Crippen LogP contribution in [0.1, 0.15) is 354 Å². The molecule has 12 atom stereocenters. The van der Waals surface area contributed by atoms with Crippen LogP contribution in [0.15, 0.2) is 72.9 Å². The minimum Gasteiger partial charge on any atom is -0.394 e. The summed E-state index contributed by atoms with van der Waals surface area (Å²) in [6.45, 7) is 2.81. The van der Waals surface area contributed by atoms with Crippen molar-refractivity contribution in [1.82, 2.24) is 5.32 Å². The van der Waals surface area contributed by atoms with E-state index in [1.165, 1.54) is 263 Å². The Morgan fingerprint density at radius 1 is 0.371 bits per heavy atom. The Balaban J connectivity index is 1.64. The largest absolute Gasteiger partial charge is 0.394 e. The average molecular weight is 1370 g/mol. The highest BCUT2D eigenvalue weighted by Crippen LogP contribution is 2.30. The second-order valence-corrected chi connectivity index (χ2v) is 28.5. The number of aliphatic hydroxyl groups is 8. The van der Waals surface area contributed by atoms with E-state index in [1.54, 1.807) is 6.08 Å². The molecule has 2 aliphatic heterocycles. The van der Waals surface area contributed by atoms with Crippen LogP contribution in [0.3, 0.4) is 0 Å². The van der Waals surface area contributed by atoms with E-state index < -0.39 is 86.8 Å². The highest BCUT2D eigenvalue weighted by atomic mass is 16.7. The maximum absolute atomic E-state index is 13.4. The van der Waals surface area contributed by atoms with Gasteiger partial charge in [0.05, 0.1) is 32.0 Å². The van der Waals surface area contributed by atoms with Gasteiger partial charge in [-0.05, 0) is 83.5 Å². The van der Waals surface area contributed by atoms with E-state index in [-0.39, 0.29) is 18.9 Å². The minimum absolute atomic E-state index is 0.250. The molecule has 2 heterocycles. The molecule has 14 nitrogen and oxygen atoms in total. The number of ether oxygens (including phenoxy) is 4. The smallest absolute Gasteiger partial charge is 0.220 e. The molecule has 0 bridgehead atoms. The van der Waals surface area contributed by atoms with Gasteiger partial charge in [-0.1, -0.05) is 337 Å². The third-order valence-electron chi connectivity index (χ3n) is 19.6. The second-order valence-electron chi connectivity index (χ2n) is 28.5. The number of hydrogen-bond acceptors (Lipinski definition) is 13. The number of hydrogen-bond donors (Lipinski definition) is 9. The molecule has 0 aromatic carbocycles. The van der Waals surface area contributed by atoms with Crippen molar-refractivity contribution >= 4 is 5.91 Å². The fraction of sp³-hybridized carbons (Fsp3) is 0.843. The maximum Gasteiger partial charge on any atom is 0.220 e. The van der Waals surface area contributed by atoms with Crippen molar-refractivity contribution in [3.63, 3.8) is 0 Å². The van der Waals surface area contributed by atoms with Gasteiger partial charge in [-0.3, -0.25) is 4.79 Å². The number of aliphatic hydroxyl groups excluding tert-OH is 8. The summed E-state index contributed by atoms with van der Waals surface area (Å²) >= 11 is 0. The fourth-order valence-corrected chi connectivity index (χ4v) is 13.2. The van der Waals surface area contributed by atoms with Crippen molar-refractivity contribution in [2.45, 2.75) is 428 Å².